The van der Waals surface area contributed by atoms with Gasteiger partial charge in [-0.3, -0.25) is 0 Å². The molecule has 4 heteroatoms. The molecular formula is C15H18FNO2. The Bertz CT molecular complexity index is 458. The van der Waals surface area contributed by atoms with Gasteiger partial charge >= 0.3 is 5.97 Å². The molecule has 1 aliphatic rings. The third-order valence-corrected chi connectivity index (χ3v) is 3.46. The molecule has 1 saturated carbocycles. The number of benzene rings is 1. The van der Waals surface area contributed by atoms with Gasteiger partial charge in [-0.1, -0.05) is 17.7 Å². The highest BCUT2D eigenvalue weighted by Gasteiger charge is 2.16. The molecule has 1 aliphatic carbocycles. The van der Waals surface area contributed by atoms with Gasteiger partial charge in [0.1, 0.15) is 5.82 Å². The van der Waals surface area contributed by atoms with Crippen molar-refractivity contribution in [2.45, 2.75) is 38.3 Å². The van der Waals surface area contributed by atoms with E-state index in [4.69, 9.17) is 5.11 Å². The van der Waals surface area contributed by atoms with Crippen molar-refractivity contribution in [2.75, 3.05) is 0 Å². The highest BCUT2D eigenvalue weighted by Crippen LogP contribution is 2.23. The van der Waals surface area contributed by atoms with Crippen molar-refractivity contribution in [1.29, 1.82) is 0 Å². The van der Waals surface area contributed by atoms with E-state index in [0.717, 1.165) is 43.4 Å². The molecule has 0 amide bonds. The van der Waals surface area contributed by atoms with Gasteiger partial charge in [0.2, 0.25) is 0 Å². The Morgan fingerprint density at radius 2 is 1.95 bits per heavy atom. The van der Waals surface area contributed by atoms with Crippen LogP contribution in [0.2, 0.25) is 0 Å². The Labute approximate surface area is 112 Å². The maximum atomic E-state index is 12.8. The zero-order valence-corrected chi connectivity index (χ0v) is 10.7. The van der Waals surface area contributed by atoms with Gasteiger partial charge in [0.25, 0.3) is 0 Å². The summed E-state index contributed by atoms with van der Waals surface area (Å²) in [6.45, 7) is 0.725. The summed E-state index contributed by atoms with van der Waals surface area (Å²) < 4.78 is 12.8. The highest BCUT2D eigenvalue weighted by molar-refractivity contribution is 5.80. The van der Waals surface area contributed by atoms with E-state index >= 15 is 0 Å². The van der Waals surface area contributed by atoms with Crippen LogP contribution in [0, 0.1) is 5.82 Å². The van der Waals surface area contributed by atoms with Crippen molar-refractivity contribution < 1.29 is 14.3 Å². The van der Waals surface area contributed by atoms with Crippen molar-refractivity contribution >= 4 is 5.97 Å². The Morgan fingerprint density at radius 1 is 1.32 bits per heavy atom. The Kier molecular flexibility index (Phi) is 4.68. The maximum absolute atomic E-state index is 12.8. The first-order valence-electron chi connectivity index (χ1n) is 6.53. The quantitative estimate of drug-likeness (QED) is 0.821. The van der Waals surface area contributed by atoms with Crippen LogP contribution in [0.15, 0.2) is 35.9 Å². The predicted octanol–water partition coefficient (Wildman–Crippen LogP) is 2.87. The molecule has 2 rings (SSSR count). The van der Waals surface area contributed by atoms with E-state index in [1.165, 1.54) is 18.2 Å². The average molecular weight is 263 g/mol. The summed E-state index contributed by atoms with van der Waals surface area (Å²) in [5, 5.41) is 12.1. The van der Waals surface area contributed by atoms with Crippen LogP contribution in [0.3, 0.4) is 0 Å². The summed E-state index contributed by atoms with van der Waals surface area (Å²) in [5.41, 5.74) is 2.08. The fourth-order valence-corrected chi connectivity index (χ4v) is 2.38. The number of halogens is 1. The molecule has 3 nitrogen and oxygen atoms in total. The van der Waals surface area contributed by atoms with E-state index in [1.807, 2.05) is 0 Å². The minimum absolute atomic E-state index is 0.218. The molecule has 0 heterocycles. The van der Waals surface area contributed by atoms with Crippen LogP contribution >= 0.6 is 0 Å². The number of nitrogens with one attached hydrogen (secondary N) is 1. The number of allylic oxidation sites excluding steroid dienone is 1. The lowest BCUT2D eigenvalue weighted by Gasteiger charge is -2.24. The summed E-state index contributed by atoms with van der Waals surface area (Å²) in [7, 11) is 0. The molecule has 0 atom stereocenters. The zero-order valence-electron chi connectivity index (χ0n) is 10.7. The molecule has 1 aromatic rings. The molecular weight excluding hydrogens is 245 g/mol. The highest BCUT2D eigenvalue weighted by atomic mass is 19.1. The van der Waals surface area contributed by atoms with Gasteiger partial charge < -0.3 is 10.4 Å². The molecule has 0 spiro atoms. The van der Waals surface area contributed by atoms with Gasteiger partial charge in [-0.15, -0.1) is 0 Å². The Hall–Kier alpha value is -1.68. The lowest BCUT2D eigenvalue weighted by molar-refractivity contribution is -0.131. The molecule has 2 N–H and O–H groups in total. The van der Waals surface area contributed by atoms with Gasteiger partial charge in [-0.2, -0.15) is 0 Å². The smallest absolute Gasteiger partial charge is 0.328 e. The standard InChI is InChI=1S/C15H18FNO2/c16-13-5-1-12(2-6-13)10-17-14-7-3-11(4-8-14)9-15(18)19/h1-2,5-6,9,14,17H,3-4,7-8,10H2,(H,18,19). The van der Waals surface area contributed by atoms with Crippen molar-refractivity contribution in [3.05, 3.63) is 47.3 Å². The van der Waals surface area contributed by atoms with E-state index in [-0.39, 0.29) is 5.82 Å². The summed E-state index contributed by atoms with van der Waals surface area (Å²) in [4.78, 5) is 10.6. The zero-order chi connectivity index (χ0) is 13.7. The van der Waals surface area contributed by atoms with Crippen LogP contribution in [0.1, 0.15) is 31.2 Å². The topological polar surface area (TPSA) is 49.3 Å². The fraction of sp³-hybridized carbons (Fsp3) is 0.400. The average Bonchev–Trinajstić information content (AvgIpc) is 2.39. The summed E-state index contributed by atoms with van der Waals surface area (Å²) in [5.74, 6) is -1.07. The van der Waals surface area contributed by atoms with E-state index in [0.29, 0.717) is 6.04 Å². The van der Waals surface area contributed by atoms with Crippen LogP contribution in [-0.4, -0.2) is 17.1 Å². The number of carbonyl (C=O) groups is 1. The van der Waals surface area contributed by atoms with Gasteiger partial charge in [0, 0.05) is 18.7 Å². The molecule has 0 aliphatic heterocycles. The van der Waals surface area contributed by atoms with Gasteiger partial charge in [0.15, 0.2) is 0 Å². The van der Waals surface area contributed by atoms with E-state index in [1.54, 1.807) is 12.1 Å². The lowest BCUT2D eigenvalue weighted by Crippen LogP contribution is -2.31. The lowest BCUT2D eigenvalue weighted by atomic mass is 9.90. The Balaban J connectivity index is 1.77. The largest absolute Gasteiger partial charge is 0.478 e. The summed E-state index contributed by atoms with van der Waals surface area (Å²) in [6.07, 6.45) is 4.93. The second kappa shape index (κ2) is 6.48. The summed E-state index contributed by atoms with van der Waals surface area (Å²) >= 11 is 0. The predicted molar refractivity (Wildman–Crippen MR) is 71.2 cm³/mol. The summed E-state index contributed by atoms with van der Waals surface area (Å²) in [6, 6.07) is 6.90. The number of aliphatic carboxylic acids is 1. The first-order valence-corrected chi connectivity index (χ1v) is 6.53. The maximum Gasteiger partial charge on any atom is 0.328 e. The van der Waals surface area contributed by atoms with Crippen LogP contribution in [-0.2, 0) is 11.3 Å². The number of hydrogen-bond acceptors (Lipinski definition) is 2. The number of carboxylic acids is 1. The fourth-order valence-electron chi connectivity index (χ4n) is 2.38. The van der Waals surface area contributed by atoms with E-state index in [2.05, 4.69) is 5.32 Å². The molecule has 1 aromatic carbocycles. The first-order chi connectivity index (χ1) is 9.13. The monoisotopic (exact) mass is 263 g/mol. The molecule has 0 radical (unpaired) electrons. The number of carboxylic acid groups (broad SMARTS) is 1. The second-order valence-electron chi connectivity index (χ2n) is 4.92. The molecule has 1 fully saturated rings. The third-order valence-electron chi connectivity index (χ3n) is 3.46. The molecule has 0 aromatic heterocycles. The first kappa shape index (κ1) is 13.7. The number of hydrogen-bond donors (Lipinski definition) is 2. The van der Waals surface area contributed by atoms with Crippen molar-refractivity contribution in [2.24, 2.45) is 0 Å². The van der Waals surface area contributed by atoms with Crippen LogP contribution < -0.4 is 5.32 Å². The van der Waals surface area contributed by atoms with E-state index < -0.39 is 5.97 Å². The van der Waals surface area contributed by atoms with Crippen LogP contribution in [0.5, 0.6) is 0 Å². The van der Waals surface area contributed by atoms with Gasteiger partial charge in [-0.05, 0) is 43.4 Å². The Morgan fingerprint density at radius 3 is 2.53 bits per heavy atom. The number of rotatable bonds is 4. The van der Waals surface area contributed by atoms with Crippen LogP contribution in [0.4, 0.5) is 4.39 Å². The molecule has 0 unspecified atom stereocenters. The van der Waals surface area contributed by atoms with E-state index in [9.17, 15) is 9.18 Å². The van der Waals surface area contributed by atoms with Crippen molar-refractivity contribution in [1.82, 2.24) is 5.32 Å². The van der Waals surface area contributed by atoms with Crippen LogP contribution in [0.25, 0.3) is 0 Å². The third kappa shape index (κ3) is 4.48. The second-order valence-corrected chi connectivity index (χ2v) is 4.92. The normalized spacial score (nSPS) is 19.2. The molecule has 19 heavy (non-hydrogen) atoms. The molecule has 0 saturated heterocycles. The minimum Gasteiger partial charge on any atom is -0.478 e. The minimum atomic E-state index is -0.854. The van der Waals surface area contributed by atoms with Crippen molar-refractivity contribution in [3.8, 4) is 0 Å². The molecule has 0 bridgehead atoms. The SMILES string of the molecule is O=C(O)C=C1CCC(NCc2ccc(F)cc2)CC1. The van der Waals surface area contributed by atoms with Gasteiger partial charge in [0.05, 0.1) is 0 Å². The molecule has 102 valence electrons. The van der Waals surface area contributed by atoms with Gasteiger partial charge in [-0.25, -0.2) is 9.18 Å². The van der Waals surface area contributed by atoms with Crippen molar-refractivity contribution in [3.63, 3.8) is 0 Å².